The van der Waals surface area contributed by atoms with Crippen molar-refractivity contribution in [1.29, 1.82) is 0 Å². The van der Waals surface area contributed by atoms with E-state index in [4.69, 9.17) is 9.72 Å². The molecule has 2 saturated heterocycles. The number of piperidine rings is 1. The Morgan fingerprint density at radius 1 is 1.07 bits per heavy atom. The number of rotatable bonds is 2. The Labute approximate surface area is 174 Å². The third kappa shape index (κ3) is 3.25. The number of amides is 1. The maximum absolute atomic E-state index is 12.8. The molecule has 8 heteroatoms. The van der Waals surface area contributed by atoms with Gasteiger partial charge in [0.15, 0.2) is 0 Å². The first-order chi connectivity index (χ1) is 14.6. The minimum absolute atomic E-state index is 0.0176. The topological polar surface area (TPSA) is 98.8 Å². The molecule has 2 aliphatic heterocycles. The van der Waals surface area contributed by atoms with Gasteiger partial charge in [0, 0.05) is 42.7 Å². The first-order valence-corrected chi connectivity index (χ1v) is 10.6. The fraction of sp³-hybridized carbons (Fsp3) is 0.500. The molecule has 158 valence electrons. The predicted molar refractivity (Wildman–Crippen MR) is 111 cm³/mol. The number of aromatic nitrogens is 2. The number of anilines is 1. The maximum atomic E-state index is 12.8. The number of H-pyrrole nitrogens is 1. The van der Waals surface area contributed by atoms with Gasteiger partial charge in [0.05, 0.1) is 18.9 Å². The summed E-state index contributed by atoms with van der Waals surface area (Å²) in [7, 11) is 0. The molecule has 8 nitrogen and oxygen atoms in total. The van der Waals surface area contributed by atoms with Crippen LogP contribution in [0.3, 0.4) is 0 Å². The summed E-state index contributed by atoms with van der Waals surface area (Å²) in [5.74, 6) is 0.779. The Bertz CT molecular complexity index is 1000. The number of nitrogens with zero attached hydrogens (tertiary/aromatic N) is 3. The zero-order valence-electron chi connectivity index (χ0n) is 16.9. The molecule has 3 aliphatic rings. The van der Waals surface area contributed by atoms with E-state index in [2.05, 4.69) is 9.88 Å². The van der Waals surface area contributed by atoms with E-state index in [1.807, 2.05) is 4.90 Å². The number of benzene rings is 1. The van der Waals surface area contributed by atoms with Crippen molar-refractivity contribution in [2.45, 2.75) is 31.1 Å². The van der Waals surface area contributed by atoms with Crippen molar-refractivity contribution in [3.63, 3.8) is 0 Å². The number of likely N-dealkylation sites (tertiary alicyclic amines) is 1. The smallest absolute Gasteiger partial charge is 0.255 e. The van der Waals surface area contributed by atoms with Crippen LogP contribution >= 0.6 is 0 Å². The second kappa shape index (κ2) is 7.43. The molecule has 2 aromatic rings. The summed E-state index contributed by atoms with van der Waals surface area (Å²) in [6.45, 7) is 4.01. The minimum atomic E-state index is -0.129. The standard InChI is InChI=1S/C22H26N4O4/c27-16-3-1-15(2-4-16)20(29)25-9-7-22(8-10-25)6-5-17-18(22)23-21(24-19(17)28)26-11-13-30-14-12-26/h1-4,27H,5-14H2,(H,23,24,28). The molecular formula is C22H26N4O4. The van der Waals surface area contributed by atoms with Crippen LogP contribution in [-0.2, 0) is 16.6 Å². The Morgan fingerprint density at radius 2 is 1.77 bits per heavy atom. The highest BCUT2D eigenvalue weighted by molar-refractivity contribution is 5.94. The Hall–Kier alpha value is -2.87. The average Bonchev–Trinajstić information content (AvgIpc) is 3.13. The van der Waals surface area contributed by atoms with Crippen LogP contribution in [0.2, 0.25) is 0 Å². The predicted octanol–water partition coefficient (Wildman–Crippen LogP) is 1.43. The molecule has 1 amide bonds. The summed E-state index contributed by atoms with van der Waals surface area (Å²) < 4.78 is 5.42. The number of nitrogens with one attached hydrogen (secondary N) is 1. The molecule has 3 heterocycles. The molecule has 1 spiro atoms. The van der Waals surface area contributed by atoms with Crippen molar-refractivity contribution in [3.8, 4) is 5.75 Å². The average molecular weight is 410 g/mol. The largest absolute Gasteiger partial charge is 0.508 e. The fourth-order valence-corrected chi connectivity index (χ4v) is 4.98. The number of phenolic OH excluding ortho intramolecular Hbond substituents is 1. The van der Waals surface area contributed by atoms with E-state index < -0.39 is 0 Å². The lowest BCUT2D eigenvalue weighted by molar-refractivity contribution is 0.0663. The van der Waals surface area contributed by atoms with Gasteiger partial charge in [-0.25, -0.2) is 4.98 Å². The van der Waals surface area contributed by atoms with Crippen LogP contribution in [0.5, 0.6) is 5.75 Å². The molecule has 1 aliphatic carbocycles. The van der Waals surface area contributed by atoms with Crippen LogP contribution in [0.25, 0.3) is 0 Å². The van der Waals surface area contributed by atoms with Crippen LogP contribution in [0, 0.1) is 0 Å². The zero-order chi connectivity index (χ0) is 20.7. The third-order valence-electron chi connectivity index (χ3n) is 6.79. The summed E-state index contributed by atoms with van der Waals surface area (Å²) in [5.41, 5.74) is 2.17. The van der Waals surface area contributed by atoms with Crippen LogP contribution in [0.15, 0.2) is 29.1 Å². The first-order valence-electron chi connectivity index (χ1n) is 10.6. The van der Waals surface area contributed by atoms with Gasteiger partial charge >= 0.3 is 0 Å². The molecule has 2 N–H and O–H groups in total. The molecule has 1 aromatic carbocycles. The number of ether oxygens (including phenoxy) is 1. The Balaban J connectivity index is 1.37. The first kappa shape index (κ1) is 19.1. The van der Waals surface area contributed by atoms with Gasteiger partial charge in [-0.3, -0.25) is 14.6 Å². The summed E-state index contributed by atoms with van der Waals surface area (Å²) in [6, 6.07) is 6.38. The SMILES string of the molecule is O=C(c1ccc(O)cc1)N1CCC2(CCc3c2nc(N2CCOCC2)[nH]c3=O)CC1. The Morgan fingerprint density at radius 3 is 2.47 bits per heavy atom. The number of morpholine rings is 1. The van der Waals surface area contributed by atoms with E-state index in [0.29, 0.717) is 37.8 Å². The molecule has 2 fully saturated rings. The van der Waals surface area contributed by atoms with Crippen molar-refractivity contribution >= 4 is 11.9 Å². The van der Waals surface area contributed by atoms with E-state index in [0.717, 1.165) is 50.0 Å². The van der Waals surface area contributed by atoms with Gasteiger partial charge < -0.3 is 19.6 Å². The van der Waals surface area contributed by atoms with Gasteiger partial charge in [-0.1, -0.05) is 0 Å². The van der Waals surface area contributed by atoms with Gasteiger partial charge in [-0.05, 0) is 49.9 Å². The van der Waals surface area contributed by atoms with E-state index >= 15 is 0 Å². The van der Waals surface area contributed by atoms with Crippen LogP contribution in [0.4, 0.5) is 5.95 Å². The van der Waals surface area contributed by atoms with Crippen molar-refractivity contribution in [1.82, 2.24) is 14.9 Å². The second-order valence-corrected chi connectivity index (χ2v) is 8.44. The number of aromatic amines is 1. The highest BCUT2D eigenvalue weighted by Crippen LogP contribution is 2.44. The van der Waals surface area contributed by atoms with Crippen LogP contribution in [0.1, 0.15) is 40.9 Å². The highest BCUT2D eigenvalue weighted by Gasteiger charge is 2.45. The lowest BCUT2D eigenvalue weighted by Crippen LogP contribution is -2.45. The minimum Gasteiger partial charge on any atom is -0.508 e. The number of hydrogen-bond acceptors (Lipinski definition) is 6. The molecule has 30 heavy (non-hydrogen) atoms. The van der Waals surface area contributed by atoms with E-state index in [1.54, 1.807) is 12.1 Å². The summed E-state index contributed by atoms with van der Waals surface area (Å²) in [4.78, 5) is 37.4. The molecule has 5 rings (SSSR count). The van der Waals surface area contributed by atoms with Crippen molar-refractivity contribution in [2.75, 3.05) is 44.3 Å². The number of aromatic hydroxyl groups is 1. The maximum Gasteiger partial charge on any atom is 0.255 e. The number of phenols is 1. The van der Waals surface area contributed by atoms with Crippen molar-refractivity contribution in [3.05, 3.63) is 51.4 Å². The number of fused-ring (bicyclic) bond motifs is 2. The molecular weight excluding hydrogens is 384 g/mol. The summed E-state index contributed by atoms with van der Waals surface area (Å²) >= 11 is 0. The van der Waals surface area contributed by atoms with Gasteiger partial charge in [-0.15, -0.1) is 0 Å². The molecule has 0 unspecified atom stereocenters. The van der Waals surface area contributed by atoms with Crippen molar-refractivity contribution in [2.24, 2.45) is 0 Å². The van der Waals surface area contributed by atoms with E-state index in [1.165, 1.54) is 12.1 Å². The number of carbonyl (C=O) groups excluding carboxylic acids is 1. The monoisotopic (exact) mass is 410 g/mol. The molecule has 1 aromatic heterocycles. The van der Waals surface area contributed by atoms with Crippen molar-refractivity contribution < 1.29 is 14.6 Å². The van der Waals surface area contributed by atoms with Crippen LogP contribution in [-0.4, -0.2) is 65.3 Å². The summed E-state index contributed by atoms with van der Waals surface area (Å²) in [6.07, 6.45) is 3.27. The fourth-order valence-electron chi connectivity index (χ4n) is 4.98. The zero-order valence-corrected chi connectivity index (χ0v) is 16.9. The molecule has 0 radical (unpaired) electrons. The molecule has 0 bridgehead atoms. The third-order valence-corrected chi connectivity index (χ3v) is 6.79. The lowest BCUT2D eigenvalue weighted by Gasteiger charge is -2.39. The molecule has 0 saturated carbocycles. The van der Waals surface area contributed by atoms with Gasteiger partial charge in [0.25, 0.3) is 11.5 Å². The molecule has 0 atom stereocenters. The van der Waals surface area contributed by atoms with E-state index in [9.17, 15) is 14.7 Å². The Kier molecular flexibility index (Phi) is 4.73. The van der Waals surface area contributed by atoms with Gasteiger partial charge in [0.1, 0.15) is 5.75 Å². The lowest BCUT2D eigenvalue weighted by atomic mass is 9.76. The second-order valence-electron chi connectivity index (χ2n) is 8.44. The number of hydrogen-bond donors (Lipinski definition) is 2. The van der Waals surface area contributed by atoms with Crippen LogP contribution < -0.4 is 10.5 Å². The van der Waals surface area contributed by atoms with Gasteiger partial charge in [0.2, 0.25) is 5.95 Å². The number of carbonyl (C=O) groups is 1. The normalized spacial score (nSPS) is 20.4. The highest BCUT2D eigenvalue weighted by atomic mass is 16.5. The van der Waals surface area contributed by atoms with Gasteiger partial charge in [-0.2, -0.15) is 0 Å². The van der Waals surface area contributed by atoms with E-state index in [-0.39, 0.29) is 22.6 Å². The summed E-state index contributed by atoms with van der Waals surface area (Å²) in [5, 5.41) is 9.45. The quantitative estimate of drug-likeness (QED) is 0.777.